The van der Waals surface area contributed by atoms with Crippen molar-refractivity contribution < 1.29 is 14.3 Å². The molecular formula is C20H25N3O3. The predicted octanol–water partition coefficient (Wildman–Crippen LogP) is 3.73. The number of carbonyl (C=O) groups excluding carboxylic acids is 2. The Morgan fingerprint density at radius 3 is 2.19 bits per heavy atom. The van der Waals surface area contributed by atoms with Gasteiger partial charge in [0.1, 0.15) is 5.75 Å². The van der Waals surface area contributed by atoms with Crippen molar-refractivity contribution in [3.8, 4) is 5.75 Å². The monoisotopic (exact) mass is 355 g/mol. The molecule has 0 radical (unpaired) electrons. The van der Waals surface area contributed by atoms with Crippen LogP contribution < -0.4 is 20.7 Å². The first-order valence-electron chi connectivity index (χ1n) is 8.66. The maximum Gasteiger partial charge on any atom is 0.243 e. The molecule has 0 aromatic heterocycles. The second-order valence-corrected chi connectivity index (χ2v) is 6.05. The van der Waals surface area contributed by atoms with Gasteiger partial charge >= 0.3 is 0 Å². The molecule has 0 spiro atoms. The van der Waals surface area contributed by atoms with E-state index in [1.807, 2.05) is 45.0 Å². The van der Waals surface area contributed by atoms with Crippen LogP contribution in [0.15, 0.2) is 48.5 Å². The van der Waals surface area contributed by atoms with Crippen molar-refractivity contribution in [1.29, 1.82) is 0 Å². The van der Waals surface area contributed by atoms with E-state index < -0.39 is 0 Å². The van der Waals surface area contributed by atoms with Crippen molar-refractivity contribution in [2.75, 3.05) is 29.1 Å². The smallest absolute Gasteiger partial charge is 0.243 e. The van der Waals surface area contributed by atoms with Crippen molar-refractivity contribution in [3.05, 3.63) is 48.5 Å². The summed E-state index contributed by atoms with van der Waals surface area (Å²) in [5, 5.41) is 8.69. The van der Waals surface area contributed by atoms with Gasteiger partial charge in [-0.05, 0) is 43.3 Å². The van der Waals surface area contributed by atoms with Gasteiger partial charge < -0.3 is 20.7 Å². The van der Waals surface area contributed by atoms with Gasteiger partial charge in [0, 0.05) is 17.3 Å². The SMILES string of the molecule is CCOc1ccccc1NCC(=O)Nc1ccc(NC(=O)C(C)C)cc1. The van der Waals surface area contributed by atoms with Crippen LogP contribution in [0.3, 0.4) is 0 Å². The quantitative estimate of drug-likeness (QED) is 0.674. The third-order valence-electron chi connectivity index (χ3n) is 3.59. The molecule has 138 valence electrons. The third-order valence-corrected chi connectivity index (χ3v) is 3.59. The molecular weight excluding hydrogens is 330 g/mol. The number of rotatable bonds is 8. The number of ether oxygens (including phenoxy) is 1. The van der Waals surface area contributed by atoms with Crippen molar-refractivity contribution in [2.45, 2.75) is 20.8 Å². The Morgan fingerprint density at radius 2 is 1.58 bits per heavy atom. The van der Waals surface area contributed by atoms with Crippen molar-refractivity contribution in [2.24, 2.45) is 5.92 Å². The summed E-state index contributed by atoms with van der Waals surface area (Å²) in [4.78, 5) is 23.8. The lowest BCUT2D eigenvalue weighted by Gasteiger charge is -2.12. The van der Waals surface area contributed by atoms with E-state index in [9.17, 15) is 9.59 Å². The summed E-state index contributed by atoms with van der Waals surface area (Å²) < 4.78 is 5.52. The Kier molecular flexibility index (Phi) is 7.02. The van der Waals surface area contributed by atoms with Crippen molar-refractivity contribution >= 4 is 28.9 Å². The largest absolute Gasteiger partial charge is 0.492 e. The Morgan fingerprint density at radius 1 is 0.962 bits per heavy atom. The molecule has 0 atom stereocenters. The molecule has 0 saturated heterocycles. The zero-order valence-electron chi connectivity index (χ0n) is 15.3. The lowest BCUT2D eigenvalue weighted by molar-refractivity contribution is -0.119. The molecule has 0 fully saturated rings. The van der Waals surface area contributed by atoms with Crippen LogP contribution in [0.5, 0.6) is 5.75 Å². The minimum atomic E-state index is -0.171. The average Bonchev–Trinajstić information content (AvgIpc) is 2.63. The number of nitrogens with one attached hydrogen (secondary N) is 3. The Balaban J connectivity index is 1.87. The van der Waals surface area contributed by atoms with E-state index >= 15 is 0 Å². The summed E-state index contributed by atoms with van der Waals surface area (Å²) in [6.45, 7) is 6.26. The van der Waals surface area contributed by atoms with Crippen LogP contribution in [0.4, 0.5) is 17.1 Å². The number of para-hydroxylation sites is 2. The highest BCUT2D eigenvalue weighted by Gasteiger charge is 2.08. The van der Waals surface area contributed by atoms with Gasteiger partial charge in [-0.2, -0.15) is 0 Å². The second-order valence-electron chi connectivity index (χ2n) is 6.05. The summed E-state index contributed by atoms with van der Waals surface area (Å²) in [6.07, 6.45) is 0. The molecule has 2 rings (SSSR count). The van der Waals surface area contributed by atoms with Crippen LogP contribution in [0.1, 0.15) is 20.8 Å². The highest BCUT2D eigenvalue weighted by atomic mass is 16.5. The number of hydrogen-bond acceptors (Lipinski definition) is 4. The molecule has 2 amide bonds. The maximum absolute atomic E-state index is 12.1. The molecule has 0 aliphatic heterocycles. The first-order chi connectivity index (χ1) is 12.5. The van der Waals surface area contributed by atoms with Crippen LogP contribution in [-0.2, 0) is 9.59 Å². The van der Waals surface area contributed by atoms with Crippen LogP contribution in [0, 0.1) is 5.92 Å². The molecule has 0 heterocycles. The topological polar surface area (TPSA) is 79.5 Å². The number of hydrogen-bond donors (Lipinski definition) is 3. The Labute approximate surface area is 153 Å². The number of anilines is 3. The molecule has 6 heteroatoms. The van der Waals surface area contributed by atoms with E-state index in [0.29, 0.717) is 23.7 Å². The standard InChI is InChI=1S/C20H25N3O3/c1-4-26-18-8-6-5-7-17(18)21-13-19(24)22-15-9-11-16(12-10-15)23-20(25)14(2)3/h5-12,14,21H,4,13H2,1-3H3,(H,22,24)(H,23,25). The number of amides is 2. The highest BCUT2D eigenvalue weighted by Crippen LogP contribution is 2.23. The zero-order chi connectivity index (χ0) is 18.9. The fraction of sp³-hybridized carbons (Fsp3) is 0.300. The van der Waals surface area contributed by atoms with E-state index in [1.54, 1.807) is 24.3 Å². The Bertz CT molecular complexity index is 742. The normalized spacial score (nSPS) is 10.3. The summed E-state index contributed by atoms with van der Waals surface area (Å²) in [7, 11) is 0. The van der Waals surface area contributed by atoms with Crippen LogP contribution in [0.2, 0.25) is 0 Å². The van der Waals surface area contributed by atoms with Crippen LogP contribution in [0.25, 0.3) is 0 Å². The Hall–Kier alpha value is -3.02. The summed E-state index contributed by atoms with van der Waals surface area (Å²) in [5.41, 5.74) is 2.14. The van der Waals surface area contributed by atoms with Crippen LogP contribution in [-0.4, -0.2) is 25.0 Å². The molecule has 26 heavy (non-hydrogen) atoms. The van der Waals surface area contributed by atoms with E-state index in [-0.39, 0.29) is 24.3 Å². The van der Waals surface area contributed by atoms with Crippen molar-refractivity contribution in [3.63, 3.8) is 0 Å². The predicted molar refractivity (Wildman–Crippen MR) is 105 cm³/mol. The minimum absolute atomic E-state index is 0.0426. The molecule has 2 aromatic carbocycles. The molecule has 6 nitrogen and oxygen atoms in total. The molecule has 0 saturated carbocycles. The van der Waals surface area contributed by atoms with E-state index in [0.717, 1.165) is 5.69 Å². The molecule has 0 aliphatic rings. The van der Waals surface area contributed by atoms with Gasteiger partial charge in [0.15, 0.2) is 0 Å². The van der Waals surface area contributed by atoms with E-state index in [1.165, 1.54) is 0 Å². The average molecular weight is 355 g/mol. The molecule has 3 N–H and O–H groups in total. The van der Waals surface area contributed by atoms with Gasteiger partial charge in [-0.15, -0.1) is 0 Å². The highest BCUT2D eigenvalue weighted by molar-refractivity contribution is 5.95. The maximum atomic E-state index is 12.1. The van der Waals surface area contributed by atoms with E-state index in [2.05, 4.69) is 16.0 Å². The fourth-order valence-electron chi connectivity index (χ4n) is 2.20. The fourth-order valence-corrected chi connectivity index (χ4v) is 2.20. The third kappa shape index (κ3) is 5.81. The summed E-state index contributed by atoms with van der Waals surface area (Å²) in [6, 6.07) is 14.5. The van der Waals surface area contributed by atoms with Gasteiger partial charge in [-0.3, -0.25) is 9.59 Å². The lowest BCUT2D eigenvalue weighted by atomic mass is 10.2. The van der Waals surface area contributed by atoms with Gasteiger partial charge in [0.25, 0.3) is 0 Å². The van der Waals surface area contributed by atoms with Gasteiger partial charge in [-0.1, -0.05) is 26.0 Å². The number of carbonyl (C=O) groups is 2. The minimum Gasteiger partial charge on any atom is -0.492 e. The summed E-state index contributed by atoms with van der Waals surface area (Å²) in [5.74, 6) is 0.419. The summed E-state index contributed by atoms with van der Waals surface area (Å²) >= 11 is 0. The molecule has 0 aliphatic carbocycles. The van der Waals surface area contributed by atoms with E-state index in [4.69, 9.17) is 4.74 Å². The second kappa shape index (κ2) is 9.46. The van der Waals surface area contributed by atoms with Gasteiger partial charge in [0.2, 0.25) is 11.8 Å². The van der Waals surface area contributed by atoms with Crippen molar-refractivity contribution in [1.82, 2.24) is 0 Å². The first-order valence-corrected chi connectivity index (χ1v) is 8.66. The molecule has 2 aromatic rings. The van der Waals surface area contributed by atoms with Crippen LogP contribution >= 0.6 is 0 Å². The lowest BCUT2D eigenvalue weighted by Crippen LogP contribution is -2.22. The first kappa shape index (κ1) is 19.3. The molecule has 0 unspecified atom stereocenters. The van der Waals surface area contributed by atoms with Gasteiger partial charge in [-0.25, -0.2) is 0 Å². The van der Waals surface area contributed by atoms with Gasteiger partial charge in [0.05, 0.1) is 18.8 Å². The molecule has 0 bridgehead atoms. The number of benzene rings is 2. The zero-order valence-corrected chi connectivity index (χ0v) is 15.3.